The Hall–Kier alpha value is -1.28. The van der Waals surface area contributed by atoms with E-state index in [1.165, 1.54) is 6.07 Å². The van der Waals surface area contributed by atoms with Crippen molar-refractivity contribution in [2.75, 3.05) is 5.32 Å². The first-order valence-corrected chi connectivity index (χ1v) is 6.43. The number of nitrogens with one attached hydrogen (secondary N) is 1. The van der Waals surface area contributed by atoms with Crippen LogP contribution in [0.15, 0.2) is 34.8 Å². The van der Waals surface area contributed by atoms with Crippen LogP contribution >= 0.6 is 39.1 Å². The van der Waals surface area contributed by atoms with E-state index in [0.717, 1.165) is 10.2 Å². The summed E-state index contributed by atoms with van der Waals surface area (Å²) in [5.74, 6) is 0.502. The first kappa shape index (κ1) is 13.2. The molecule has 0 saturated heterocycles. The average molecular weight is 343 g/mol. The van der Waals surface area contributed by atoms with Gasteiger partial charge in [-0.05, 0) is 46.3 Å². The van der Waals surface area contributed by atoms with Crippen LogP contribution in [-0.4, -0.2) is 4.98 Å². The highest BCUT2D eigenvalue weighted by Gasteiger charge is 2.04. The van der Waals surface area contributed by atoms with Gasteiger partial charge in [0.2, 0.25) is 0 Å². The zero-order chi connectivity index (χ0) is 13.1. The predicted molar refractivity (Wildman–Crippen MR) is 76.4 cm³/mol. The Kier molecular flexibility index (Phi) is 4.07. The molecule has 2 aromatic rings. The highest BCUT2D eigenvalue weighted by atomic mass is 79.9. The van der Waals surface area contributed by atoms with E-state index >= 15 is 0 Å². The number of anilines is 2. The fourth-order valence-electron chi connectivity index (χ4n) is 1.35. The van der Waals surface area contributed by atoms with Crippen molar-refractivity contribution < 1.29 is 0 Å². The molecule has 1 aromatic carbocycles. The van der Waals surface area contributed by atoms with Crippen LogP contribution < -0.4 is 5.32 Å². The summed E-state index contributed by atoms with van der Waals surface area (Å²) < 4.78 is 0.801. The van der Waals surface area contributed by atoms with Gasteiger partial charge in [-0.3, -0.25) is 0 Å². The van der Waals surface area contributed by atoms with Gasteiger partial charge in [0, 0.05) is 9.50 Å². The minimum atomic E-state index is 0.265. The second-order valence-corrected chi connectivity index (χ2v) is 5.10. The van der Waals surface area contributed by atoms with Gasteiger partial charge in [0.15, 0.2) is 0 Å². The Morgan fingerprint density at radius 1 is 1.22 bits per heavy atom. The highest BCUT2D eigenvalue weighted by Crippen LogP contribution is 2.28. The lowest BCUT2D eigenvalue weighted by molar-refractivity contribution is 1.29. The van der Waals surface area contributed by atoms with Crippen LogP contribution in [0.5, 0.6) is 0 Å². The summed E-state index contributed by atoms with van der Waals surface area (Å²) in [5, 5.41) is 12.8. The first-order chi connectivity index (χ1) is 8.58. The Morgan fingerprint density at radius 2 is 2.00 bits per heavy atom. The minimum Gasteiger partial charge on any atom is -0.339 e. The highest BCUT2D eigenvalue weighted by molar-refractivity contribution is 9.10. The fraction of sp³-hybridized carbons (Fsp3) is 0. The molecule has 1 N–H and O–H groups in total. The third-order valence-corrected chi connectivity index (χ3v) is 3.20. The molecule has 6 heteroatoms. The maximum absolute atomic E-state index is 8.85. The number of nitrogens with zero attached hydrogens (tertiary/aromatic N) is 2. The van der Waals surface area contributed by atoms with E-state index in [0.29, 0.717) is 16.4 Å². The molecule has 0 spiro atoms. The third kappa shape index (κ3) is 3.14. The Labute approximate surface area is 122 Å². The maximum atomic E-state index is 8.85. The van der Waals surface area contributed by atoms with Crippen LogP contribution in [0.3, 0.4) is 0 Å². The molecule has 0 fully saturated rings. The molecule has 1 aromatic heterocycles. The number of pyridine rings is 1. The minimum absolute atomic E-state index is 0.265. The molecule has 0 bridgehead atoms. The van der Waals surface area contributed by atoms with E-state index in [-0.39, 0.29) is 5.15 Å². The van der Waals surface area contributed by atoms with Crippen LogP contribution in [0.2, 0.25) is 10.2 Å². The molecule has 2 rings (SSSR count). The average Bonchev–Trinajstić information content (AvgIpc) is 2.32. The molecule has 0 saturated carbocycles. The summed E-state index contributed by atoms with van der Waals surface area (Å²) in [5.41, 5.74) is 1.24. The van der Waals surface area contributed by atoms with Crippen molar-refractivity contribution in [1.82, 2.24) is 4.98 Å². The van der Waals surface area contributed by atoms with Gasteiger partial charge in [0.25, 0.3) is 0 Å². The normalized spacial score (nSPS) is 9.89. The SMILES string of the molecule is N#Cc1cc(Cl)nc(Nc2ccc(Cl)cc2Br)c1. The van der Waals surface area contributed by atoms with Gasteiger partial charge >= 0.3 is 0 Å². The number of benzene rings is 1. The van der Waals surface area contributed by atoms with Crippen molar-refractivity contribution >= 4 is 50.6 Å². The van der Waals surface area contributed by atoms with Crippen LogP contribution in [0, 0.1) is 11.3 Å². The summed E-state index contributed by atoms with van der Waals surface area (Å²) in [7, 11) is 0. The molecule has 90 valence electrons. The van der Waals surface area contributed by atoms with Crippen LogP contribution in [-0.2, 0) is 0 Å². The zero-order valence-electron chi connectivity index (χ0n) is 8.92. The van der Waals surface area contributed by atoms with Crippen LogP contribution in [0.4, 0.5) is 11.5 Å². The van der Waals surface area contributed by atoms with E-state index < -0.39 is 0 Å². The van der Waals surface area contributed by atoms with Crippen LogP contribution in [0.25, 0.3) is 0 Å². The number of rotatable bonds is 2. The van der Waals surface area contributed by atoms with E-state index in [1.807, 2.05) is 6.07 Å². The lowest BCUT2D eigenvalue weighted by Crippen LogP contribution is -1.95. The standard InChI is InChI=1S/C12H6BrCl2N3/c13-9-5-8(14)1-2-10(9)17-12-4-7(6-16)3-11(15)18-12/h1-5H,(H,17,18). The summed E-state index contributed by atoms with van der Waals surface area (Å²) in [4.78, 5) is 4.09. The van der Waals surface area contributed by atoms with Crippen molar-refractivity contribution in [1.29, 1.82) is 5.26 Å². The second-order valence-electron chi connectivity index (χ2n) is 3.42. The van der Waals surface area contributed by atoms with Crippen molar-refractivity contribution in [3.8, 4) is 6.07 Å². The van der Waals surface area contributed by atoms with Crippen molar-refractivity contribution in [2.24, 2.45) is 0 Å². The van der Waals surface area contributed by atoms with Gasteiger partial charge in [-0.25, -0.2) is 4.98 Å². The molecular weight excluding hydrogens is 337 g/mol. The van der Waals surface area contributed by atoms with Gasteiger partial charge < -0.3 is 5.32 Å². The number of nitriles is 1. The molecule has 0 atom stereocenters. The summed E-state index contributed by atoms with van der Waals surface area (Å²) >= 11 is 15.1. The largest absolute Gasteiger partial charge is 0.339 e. The quantitative estimate of drug-likeness (QED) is 0.800. The molecule has 0 amide bonds. The summed E-state index contributed by atoms with van der Waals surface area (Å²) in [6.45, 7) is 0. The Balaban J connectivity index is 2.34. The Bertz CT molecular complexity index is 638. The van der Waals surface area contributed by atoms with Crippen molar-refractivity contribution in [3.05, 3.63) is 50.5 Å². The number of aromatic nitrogens is 1. The molecule has 0 unspecified atom stereocenters. The van der Waals surface area contributed by atoms with E-state index in [2.05, 4.69) is 26.2 Å². The molecule has 0 aliphatic heterocycles. The fourth-order valence-corrected chi connectivity index (χ4v) is 2.34. The van der Waals surface area contributed by atoms with Gasteiger partial charge in [-0.1, -0.05) is 23.2 Å². The predicted octanol–water partition coefficient (Wildman–Crippen LogP) is 4.77. The topological polar surface area (TPSA) is 48.7 Å². The lowest BCUT2D eigenvalue weighted by Gasteiger charge is -2.08. The van der Waals surface area contributed by atoms with Gasteiger partial charge in [0.05, 0.1) is 17.3 Å². The Morgan fingerprint density at radius 3 is 2.67 bits per heavy atom. The molecule has 1 heterocycles. The smallest absolute Gasteiger partial charge is 0.133 e. The van der Waals surface area contributed by atoms with E-state index in [1.54, 1.807) is 24.3 Å². The van der Waals surface area contributed by atoms with Gasteiger partial charge in [-0.2, -0.15) is 5.26 Å². The first-order valence-electron chi connectivity index (χ1n) is 4.88. The molecule has 0 radical (unpaired) electrons. The third-order valence-electron chi connectivity index (χ3n) is 2.12. The molecule has 0 aliphatic carbocycles. The van der Waals surface area contributed by atoms with Gasteiger partial charge in [0.1, 0.15) is 11.0 Å². The van der Waals surface area contributed by atoms with Crippen molar-refractivity contribution in [3.63, 3.8) is 0 Å². The van der Waals surface area contributed by atoms with E-state index in [9.17, 15) is 0 Å². The molecular formula is C12H6BrCl2N3. The lowest BCUT2D eigenvalue weighted by atomic mass is 10.2. The van der Waals surface area contributed by atoms with E-state index in [4.69, 9.17) is 28.5 Å². The van der Waals surface area contributed by atoms with Crippen molar-refractivity contribution in [2.45, 2.75) is 0 Å². The summed E-state index contributed by atoms with van der Waals surface area (Å²) in [6.07, 6.45) is 0. The molecule has 3 nitrogen and oxygen atoms in total. The van der Waals surface area contributed by atoms with Crippen LogP contribution in [0.1, 0.15) is 5.56 Å². The summed E-state index contributed by atoms with van der Waals surface area (Å²) in [6, 6.07) is 10.5. The number of hydrogen-bond donors (Lipinski definition) is 1. The molecule has 0 aliphatic rings. The number of hydrogen-bond acceptors (Lipinski definition) is 3. The zero-order valence-corrected chi connectivity index (χ0v) is 12.0. The van der Waals surface area contributed by atoms with Gasteiger partial charge in [-0.15, -0.1) is 0 Å². The molecule has 18 heavy (non-hydrogen) atoms. The number of halogens is 3. The monoisotopic (exact) mass is 341 g/mol. The second kappa shape index (κ2) is 5.57. The maximum Gasteiger partial charge on any atom is 0.133 e.